The number of carbonyl (C=O) groups excluding carboxylic acids is 1. The SMILES string of the molecule is COC(=O)c1cccc(NCc2cn(CCO)nn2)c1. The Labute approximate surface area is 116 Å². The lowest BCUT2D eigenvalue weighted by molar-refractivity contribution is 0.0601. The molecule has 2 aromatic rings. The molecule has 0 spiro atoms. The van der Waals surface area contributed by atoms with Crippen LogP contribution >= 0.6 is 0 Å². The Morgan fingerprint density at radius 1 is 1.50 bits per heavy atom. The van der Waals surface area contributed by atoms with Gasteiger partial charge >= 0.3 is 5.97 Å². The van der Waals surface area contributed by atoms with Gasteiger partial charge in [-0.1, -0.05) is 11.3 Å². The first-order valence-electron chi connectivity index (χ1n) is 6.15. The molecule has 0 aliphatic rings. The Morgan fingerprint density at radius 3 is 3.10 bits per heavy atom. The maximum atomic E-state index is 11.4. The summed E-state index contributed by atoms with van der Waals surface area (Å²) in [6.45, 7) is 0.929. The molecule has 0 saturated heterocycles. The minimum absolute atomic E-state index is 0.0252. The molecule has 0 saturated carbocycles. The number of carbonyl (C=O) groups is 1. The largest absolute Gasteiger partial charge is 0.465 e. The number of hydrogen-bond acceptors (Lipinski definition) is 6. The first-order valence-corrected chi connectivity index (χ1v) is 6.15. The van der Waals surface area contributed by atoms with Gasteiger partial charge in [-0.25, -0.2) is 9.48 Å². The summed E-state index contributed by atoms with van der Waals surface area (Å²) in [6.07, 6.45) is 1.76. The Morgan fingerprint density at radius 2 is 2.35 bits per heavy atom. The maximum Gasteiger partial charge on any atom is 0.337 e. The van der Waals surface area contributed by atoms with Crippen molar-refractivity contribution in [2.45, 2.75) is 13.1 Å². The molecule has 0 aliphatic carbocycles. The van der Waals surface area contributed by atoms with E-state index in [0.29, 0.717) is 18.7 Å². The third-order valence-electron chi connectivity index (χ3n) is 2.67. The summed E-state index contributed by atoms with van der Waals surface area (Å²) in [4.78, 5) is 11.4. The van der Waals surface area contributed by atoms with Crippen LogP contribution in [0.5, 0.6) is 0 Å². The molecule has 0 amide bonds. The number of rotatable bonds is 6. The number of aliphatic hydroxyl groups is 1. The summed E-state index contributed by atoms with van der Waals surface area (Å²) in [6, 6.07) is 7.03. The van der Waals surface area contributed by atoms with Gasteiger partial charge in [0.2, 0.25) is 0 Å². The molecule has 0 bridgehead atoms. The highest BCUT2D eigenvalue weighted by Gasteiger charge is 2.06. The molecule has 1 aromatic carbocycles. The number of anilines is 1. The minimum atomic E-state index is -0.373. The van der Waals surface area contributed by atoms with Gasteiger partial charge in [-0.05, 0) is 18.2 Å². The van der Waals surface area contributed by atoms with Gasteiger partial charge in [0.05, 0.1) is 38.6 Å². The van der Waals surface area contributed by atoms with Gasteiger partial charge in [-0.3, -0.25) is 0 Å². The van der Waals surface area contributed by atoms with E-state index in [1.807, 2.05) is 6.07 Å². The average molecular weight is 276 g/mol. The van der Waals surface area contributed by atoms with Gasteiger partial charge in [0.25, 0.3) is 0 Å². The van der Waals surface area contributed by atoms with Gasteiger partial charge in [-0.15, -0.1) is 5.10 Å². The zero-order valence-electron chi connectivity index (χ0n) is 11.1. The molecule has 20 heavy (non-hydrogen) atoms. The zero-order valence-corrected chi connectivity index (χ0v) is 11.1. The van der Waals surface area contributed by atoms with Crippen molar-refractivity contribution in [1.82, 2.24) is 15.0 Å². The summed E-state index contributed by atoms with van der Waals surface area (Å²) >= 11 is 0. The predicted octanol–water partition coefficient (Wildman–Crippen LogP) is 0.669. The fraction of sp³-hybridized carbons (Fsp3) is 0.308. The third-order valence-corrected chi connectivity index (χ3v) is 2.67. The quantitative estimate of drug-likeness (QED) is 0.754. The van der Waals surface area contributed by atoms with Crippen molar-refractivity contribution >= 4 is 11.7 Å². The lowest BCUT2D eigenvalue weighted by atomic mass is 10.2. The molecule has 0 fully saturated rings. The van der Waals surface area contributed by atoms with Crippen LogP contribution in [0.1, 0.15) is 16.1 Å². The fourth-order valence-corrected chi connectivity index (χ4v) is 1.70. The minimum Gasteiger partial charge on any atom is -0.465 e. The number of ether oxygens (including phenoxy) is 1. The van der Waals surface area contributed by atoms with E-state index < -0.39 is 0 Å². The molecule has 0 atom stereocenters. The van der Waals surface area contributed by atoms with E-state index in [-0.39, 0.29) is 12.6 Å². The summed E-state index contributed by atoms with van der Waals surface area (Å²) in [5.74, 6) is -0.373. The van der Waals surface area contributed by atoms with Crippen LogP contribution in [0.3, 0.4) is 0 Å². The summed E-state index contributed by atoms with van der Waals surface area (Å²) < 4.78 is 6.24. The van der Waals surface area contributed by atoms with E-state index in [1.165, 1.54) is 7.11 Å². The Bertz CT molecular complexity index is 583. The van der Waals surface area contributed by atoms with E-state index in [4.69, 9.17) is 5.11 Å². The summed E-state index contributed by atoms with van der Waals surface area (Å²) in [7, 11) is 1.35. The van der Waals surface area contributed by atoms with Gasteiger partial charge in [0, 0.05) is 5.69 Å². The highest BCUT2D eigenvalue weighted by molar-refractivity contribution is 5.90. The maximum absolute atomic E-state index is 11.4. The molecule has 106 valence electrons. The molecule has 2 rings (SSSR count). The molecular formula is C13H16N4O3. The Kier molecular flexibility index (Phi) is 4.67. The van der Waals surface area contributed by atoms with Crippen LogP contribution in [0.15, 0.2) is 30.5 Å². The predicted molar refractivity (Wildman–Crippen MR) is 72.2 cm³/mol. The van der Waals surface area contributed by atoms with Crippen LogP contribution in [0.2, 0.25) is 0 Å². The second-order valence-electron chi connectivity index (χ2n) is 4.12. The van der Waals surface area contributed by atoms with Crippen LogP contribution in [-0.4, -0.2) is 39.8 Å². The van der Waals surface area contributed by atoms with Crippen LogP contribution in [-0.2, 0) is 17.8 Å². The first kappa shape index (κ1) is 14.0. The Hall–Kier alpha value is -2.41. The van der Waals surface area contributed by atoms with Gasteiger partial charge in [0.15, 0.2) is 0 Å². The molecule has 0 unspecified atom stereocenters. The van der Waals surface area contributed by atoms with Gasteiger partial charge in [0.1, 0.15) is 5.69 Å². The number of nitrogens with zero attached hydrogens (tertiary/aromatic N) is 3. The number of aliphatic hydroxyl groups excluding tert-OH is 1. The average Bonchev–Trinajstić information content (AvgIpc) is 2.93. The molecule has 1 aromatic heterocycles. The Balaban J connectivity index is 1.97. The summed E-state index contributed by atoms with van der Waals surface area (Å²) in [5, 5.41) is 19.8. The van der Waals surface area contributed by atoms with Crippen molar-refractivity contribution in [2.75, 3.05) is 19.0 Å². The molecule has 1 heterocycles. The topological polar surface area (TPSA) is 89.3 Å². The number of esters is 1. The smallest absolute Gasteiger partial charge is 0.337 e. The lowest BCUT2D eigenvalue weighted by Crippen LogP contribution is -2.04. The van der Waals surface area contributed by atoms with E-state index in [1.54, 1.807) is 29.1 Å². The standard InChI is InChI=1S/C13H16N4O3/c1-20-13(19)10-3-2-4-11(7-10)14-8-12-9-17(5-6-18)16-15-12/h2-4,7,9,14,18H,5-6,8H2,1H3. The first-order chi connectivity index (χ1) is 9.72. The fourth-order valence-electron chi connectivity index (χ4n) is 1.70. The molecule has 7 heteroatoms. The highest BCUT2D eigenvalue weighted by Crippen LogP contribution is 2.12. The molecule has 7 nitrogen and oxygen atoms in total. The number of nitrogens with one attached hydrogen (secondary N) is 1. The van der Waals surface area contributed by atoms with Crippen LogP contribution in [0, 0.1) is 0 Å². The van der Waals surface area contributed by atoms with Crippen molar-refractivity contribution < 1.29 is 14.6 Å². The third kappa shape index (κ3) is 3.55. The van der Waals surface area contributed by atoms with E-state index >= 15 is 0 Å². The van der Waals surface area contributed by atoms with E-state index in [2.05, 4.69) is 20.4 Å². The van der Waals surface area contributed by atoms with Crippen molar-refractivity contribution in [1.29, 1.82) is 0 Å². The van der Waals surface area contributed by atoms with Crippen LogP contribution in [0.25, 0.3) is 0 Å². The van der Waals surface area contributed by atoms with Crippen LogP contribution < -0.4 is 5.32 Å². The van der Waals surface area contributed by atoms with Gasteiger partial charge in [-0.2, -0.15) is 0 Å². The monoisotopic (exact) mass is 276 g/mol. The van der Waals surface area contributed by atoms with E-state index in [9.17, 15) is 4.79 Å². The van der Waals surface area contributed by atoms with Crippen molar-refractivity contribution in [3.8, 4) is 0 Å². The number of hydrogen-bond donors (Lipinski definition) is 2. The second kappa shape index (κ2) is 6.67. The zero-order chi connectivity index (χ0) is 14.4. The van der Waals surface area contributed by atoms with Crippen molar-refractivity contribution in [3.63, 3.8) is 0 Å². The normalized spacial score (nSPS) is 10.3. The van der Waals surface area contributed by atoms with Crippen molar-refractivity contribution in [2.24, 2.45) is 0 Å². The molecular weight excluding hydrogens is 260 g/mol. The van der Waals surface area contributed by atoms with Crippen LogP contribution in [0.4, 0.5) is 5.69 Å². The molecule has 0 radical (unpaired) electrons. The molecule has 0 aliphatic heterocycles. The number of methoxy groups -OCH3 is 1. The molecule has 2 N–H and O–H groups in total. The van der Waals surface area contributed by atoms with Gasteiger partial charge < -0.3 is 15.2 Å². The van der Waals surface area contributed by atoms with Crippen molar-refractivity contribution in [3.05, 3.63) is 41.7 Å². The van der Waals surface area contributed by atoms with E-state index in [0.717, 1.165) is 11.4 Å². The lowest BCUT2D eigenvalue weighted by Gasteiger charge is -2.05. The highest BCUT2D eigenvalue weighted by atomic mass is 16.5. The number of benzene rings is 1. The second-order valence-corrected chi connectivity index (χ2v) is 4.12. The number of aromatic nitrogens is 3. The summed E-state index contributed by atoms with van der Waals surface area (Å²) in [5.41, 5.74) is 2.04.